The first-order chi connectivity index (χ1) is 12.9. The zero-order valence-corrected chi connectivity index (χ0v) is 15.3. The highest BCUT2D eigenvalue weighted by atomic mass is 35.5. The first-order valence-corrected chi connectivity index (χ1v) is 9.51. The summed E-state index contributed by atoms with van der Waals surface area (Å²) in [5, 5.41) is 11.3. The number of rotatable bonds is 6. The van der Waals surface area contributed by atoms with Crippen molar-refractivity contribution in [3.8, 4) is 11.5 Å². The summed E-state index contributed by atoms with van der Waals surface area (Å²) in [5.74, 6) is 0.769. The number of nitrogens with one attached hydrogen (secondary N) is 1. The number of anilines is 1. The Hall–Kier alpha value is -3.10. The van der Waals surface area contributed by atoms with Gasteiger partial charge in [-0.15, -0.1) is 0 Å². The molecule has 0 aromatic heterocycles. The second kappa shape index (κ2) is 7.65. The van der Waals surface area contributed by atoms with Gasteiger partial charge in [-0.3, -0.25) is 14.8 Å². The van der Waals surface area contributed by atoms with Crippen LogP contribution in [0.5, 0.6) is 11.5 Å². The van der Waals surface area contributed by atoms with E-state index in [0.29, 0.717) is 5.75 Å². The molecule has 0 heterocycles. The minimum Gasteiger partial charge on any atom is -0.455 e. The number of ether oxygens (including phenoxy) is 1. The normalized spacial score (nSPS) is 11.0. The molecule has 9 heteroatoms. The average molecular weight is 405 g/mol. The Labute approximate surface area is 160 Å². The van der Waals surface area contributed by atoms with E-state index in [0.717, 1.165) is 12.1 Å². The molecule has 0 atom stereocenters. The highest BCUT2D eigenvalue weighted by Gasteiger charge is 2.27. The van der Waals surface area contributed by atoms with Crippen LogP contribution in [0.4, 0.5) is 11.4 Å². The maximum absolute atomic E-state index is 12.7. The van der Waals surface area contributed by atoms with Crippen molar-refractivity contribution in [2.45, 2.75) is 4.90 Å². The molecule has 0 fully saturated rings. The number of halogens is 1. The number of nitro groups is 1. The molecule has 7 nitrogen and oxygen atoms in total. The predicted molar refractivity (Wildman–Crippen MR) is 102 cm³/mol. The molecular formula is C18H13ClN2O5S. The van der Waals surface area contributed by atoms with Crippen LogP contribution in [-0.2, 0) is 10.0 Å². The molecule has 0 spiro atoms. The lowest BCUT2D eigenvalue weighted by atomic mass is 10.3. The molecular weight excluding hydrogens is 392 g/mol. The fourth-order valence-electron chi connectivity index (χ4n) is 2.32. The van der Waals surface area contributed by atoms with Crippen molar-refractivity contribution in [2.24, 2.45) is 0 Å². The maximum atomic E-state index is 12.7. The van der Waals surface area contributed by atoms with Gasteiger partial charge in [0.1, 0.15) is 5.75 Å². The first kappa shape index (κ1) is 18.7. The Morgan fingerprint density at radius 3 is 2.33 bits per heavy atom. The van der Waals surface area contributed by atoms with Crippen LogP contribution in [0.3, 0.4) is 0 Å². The summed E-state index contributed by atoms with van der Waals surface area (Å²) in [4.78, 5) is 9.92. The van der Waals surface area contributed by atoms with Crippen LogP contribution in [0, 0.1) is 10.1 Å². The van der Waals surface area contributed by atoms with E-state index in [1.54, 1.807) is 42.5 Å². The smallest absolute Gasteiger partial charge is 0.291 e. The van der Waals surface area contributed by atoms with Crippen molar-refractivity contribution >= 4 is 33.0 Å². The van der Waals surface area contributed by atoms with Crippen LogP contribution in [0.15, 0.2) is 77.7 Å². The maximum Gasteiger partial charge on any atom is 0.291 e. The second-order valence-corrected chi connectivity index (χ2v) is 7.47. The lowest BCUT2D eigenvalue weighted by Gasteiger charge is -2.13. The van der Waals surface area contributed by atoms with Crippen LogP contribution in [-0.4, -0.2) is 13.3 Å². The van der Waals surface area contributed by atoms with E-state index in [1.165, 1.54) is 12.1 Å². The van der Waals surface area contributed by atoms with Gasteiger partial charge in [0.2, 0.25) is 0 Å². The molecule has 3 aromatic rings. The Kier molecular flexibility index (Phi) is 5.29. The summed E-state index contributed by atoms with van der Waals surface area (Å²) >= 11 is 5.75. The van der Waals surface area contributed by atoms with Gasteiger partial charge in [0.15, 0.2) is 10.6 Å². The first-order valence-electron chi connectivity index (χ1n) is 7.65. The van der Waals surface area contributed by atoms with Gasteiger partial charge in [-0.1, -0.05) is 41.9 Å². The molecule has 3 rings (SSSR count). The van der Waals surface area contributed by atoms with Crippen LogP contribution < -0.4 is 9.46 Å². The highest BCUT2D eigenvalue weighted by molar-refractivity contribution is 7.92. The van der Waals surface area contributed by atoms with Crippen molar-refractivity contribution in [3.05, 3.63) is 87.9 Å². The Morgan fingerprint density at radius 2 is 1.63 bits per heavy atom. The molecule has 138 valence electrons. The summed E-state index contributed by atoms with van der Waals surface area (Å²) in [6.07, 6.45) is 0. The van der Waals surface area contributed by atoms with E-state index < -0.39 is 25.5 Å². The molecule has 0 aliphatic rings. The molecule has 0 radical (unpaired) electrons. The van der Waals surface area contributed by atoms with Crippen LogP contribution >= 0.6 is 11.6 Å². The minimum atomic E-state index is -4.25. The van der Waals surface area contributed by atoms with E-state index in [2.05, 4.69) is 4.72 Å². The zero-order valence-electron chi connectivity index (χ0n) is 13.7. The Balaban J connectivity index is 1.97. The predicted octanol–water partition coefficient (Wildman–Crippen LogP) is 4.84. The van der Waals surface area contributed by atoms with E-state index in [1.807, 2.05) is 6.07 Å². The molecule has 0 bridgehead atoms. The van der Waals surface area contributed by atoms with Gasteiger partial charge >= 0.3 is 0 Å². The van der Waals surface area contributed by atoms with Crippen molar-refractivity contribution in [3.63, 3.8) is 0 Å². The minimum absolute atomic E-state index is 0.0634. The van der Waals surface area contributed by atoms with Gasteiger partial charge in [-0.25, -0.2) is 8.42 Å². The van der Waals surface area contributed by atoms with Crippen molar-refractivity contribution in [1.29, 1.82) is 0 Å². The molecule has 0 aliphatic heterocycles. The van der Waals surface area contributed by atoms with Crippen LogP contribution in [0.1, 0.15) is 0 Å². The Morgan fingerprint density at radius 1 is 0.963 bits per heavy atom. The monoisotopic (exact) mass is 404 g/mol. The topological polar surface area (TPSA) is 98.5 Å². The molecule has 3 aromatic carbocycles. The number of benzene rings is 3. The fourth-order valence-corrected chi connectivity index (χ4v) is 3.71. The number of hydrogen-bond acceptors (Lipinski definition) is 5. The van der Waals surface area contributed by atoms with Gasteiger partial charge < -0.3 is 4.74 Å². The quantitative estimate of drug-likeness (QED) is 0.468. The number of sulfonamides is 1. The number of nitrogens with zero attached hydrogens (tertiary/aromatic N) is 1. The third-order valence-electron chi connectivity index (χ3n) is 3.51. The van der Waals surface area contributed by atoms with Gasteiger partial charge in [-0.05, 0) is 36.4 Å². The summed E-state index contributed by atoms with van der Waals surface area (Å²) in [6, 6.07) is 18.5. The van der Waals surface area contributed by atoms with Crippen molar-refractivity contribution in [2.75, 3.05) is 4.72 Å². The van der Waals surface area contributed by atoms with Gasteiger partial charge in [0, 0.05) is 11.1 Å². The lowest BCUT2D eigenvalue weighted by molar-refractivity contribution is -0.387. The highest BCUT2D eigenvalue weighted by Crippen LogP contribution is 2.33. The van der Waals surface area contributed by atoms with Gasteiger partial charge in [0.05, 0.1) is 10.6 Å². The van der Waals surface area contributed by atoms with Crippen LogP contribution in [0.2, 0.25) is 5.02 Å². The largest absolute Gasteiger partial charge is 0.455 e. The summed E-state index contributed by atoms with van der Waals surface area (Å²) in [6.45, 7) is 0. The van der Waals surface area contributed by atoms with E-state index >= 15 is 0 Å². The second-order valence-electron chi connectivity index (χ2n) is 5.39. The third kappa shape index (κ3) is 4.36. The lowest BCUT2D eigenvalue weighted by Crippen LogP contribution is -2.15. The average Bonchev–Trinajstić information content (AvgIpc) is 2.63. The molecule has 0 amide bonds. The van der Waals surface area contributed by atoms with Crippen molar-refractivity contribution in [1.82, 2.24) is 0 Å². The fraction of sp³-hybridized carbons (Fsp3) is 0. The summed E-state index contributed by atoms with van der Waals surface area (Å²) < 4.78 is 33.5. The van der Waals surface area contributed by atoms with Gasteiger partial charge in [0.25, 0.3) is 15.7 Å². The Bertz CT molecular complexity index is 1090. The molecule has 27 heavy (non-hydrogen) atoms. The summed E-state index contributed by atoms with van der Waals surface area (Å²) in [5.41, 5.74) is -0.470. The SMILES string of the molecule is O=[N+]([O-])c1cc(Cl)ccc1S(=O)(=O)Nc1ccccc1Oc1ccccc1. The van der Waals surface area contributed by atoms with E-state index in [4.69, 9.17) is 16.3 Å². The van der Waals surface area contributed by atoms with E-state index in [-0.39, 0.29) is 16.5 Å². The molecule has 0 saturated heterocycles. The number of para-hydroxylation sites is 3. The molecule has 1 N–H and O–H groups in total. The number of hydrogen-bond donors (Lipinski definition) is 1. The third-order valence-corrected chi connectivity index (χ3v) is 5.16. The summed E-state index contributed by atoms with van der Waals surface area (Å²) in [7, 11) is -4.25. The van der Waals surface area contributed by atoms with Gasteiger partial charge in [-0.2, -0.15) is 0 Å². The standard InChI is InChI=1S/C18H13ClN2O5S/c19-13-10-11-18(16(12-13)21(22)23)27(24,25)20-15-8-4-5-9-17(15)26-14-6-2-1-3-7-14/h1-12,20H. The number of nitro benzene ring substituents is 1. The molecule has 0 saturated carbocycles. The van der Waals surface area contributed by atoms with Crippen molar-refractivity contribution < 1.29 is 18.1 Å². The molecule has 0 aliphatic carbocycles. The van der Waals surface area contributed by atoms with E-state index in [9.17, 15) is 18.5 Å². The zero-order chi connectivity index (χ0) is 19.4. The molecule has 0 unspecified atom stereocenters. The van der Waals surface area contributed by atoms with Crippen LogP contribution in [0.25, 0.3) is 0 Å².